The number of carbonyl (C=O) groups is 2. The summed E-state index contributed by atoms with van der Waals surface area (Å²) in [6.07, 6.45) is 1.97. The molecule has 1 fully saturated rings. The van der Waals surface area contributed by atoms with Gasteiger partial charge in [0.15, 0.2) is 5.78 Å². The van der Waals surface area contributed by atoms with Crippen LogP contribution in [0.5, 0.6) is 0 Å². The maximum atomic E-state index is 12.6. The highest BCUT2D eigenvalue weighted by Crippen LogP contribution is 2.28. The number of nitrogens with zero attached hydrogens (tertiary/aromatic N) is 2. The quantitative estimate of drug-likeness (QED) is 0.854. The van der Waals surface area contributed by atoms with Gasteiger partial charge in [0.25, 0.3) is 5.91 Å². The second-order valence-electron chi connectivity index (χ2n) is 6.62. The second-order valence-corrected chi connectivity index (χ2v) is 7.62. The van der Waals surface area contributed by atoms with E-state index in [9.17, 15) is 9.59 Å². The molecule has 1 N–H and O–H groups in total. The maximum absolute atomic E-state index is 12.6. The number of Topliss-reactive ketones (excluding diaryl/α,β-unsaturated/α-hetero) is 1. The largest absolute Gasteiger partial charge is 0.348 e. The van der Waals surface area contributed by atoms with Crippen LogP contribution in [0.2, 0.25) is 0 Å². The predicted molar refractivity (Wildman–Crippen MR) is 100 cm³/mol. The van der Waals surface area contributed by atoms with E-state index in [0.29, 0.717) is 10.4 Å². The Bertz CT molecular complexity index is 774. The average Bonchev–Trinajstić information content (AvgIpc) is 2.99. The second kappa shape index (κ2) is 7.45. The number of ketones is 1. The van der Waals surface area contributed by atoms with E-state index in [-0.39, 0.29) is 17.7 Å². The van der Waals surface area contributed by atoms with Crippen LogP contribution in [-0.2, 0) is 0 Å². The number of hydrogen-bond acceptors (Lipinski definition) is 5. The van der Waals surface area contributed by atoms with E-state index in [1.165, 1.54) is 11.3 Å². The van der Waals surface area contributed by atoms with Crippen molar-refractivity contribution in [2.24, 2.45) is 0 Å². The summed E-state index contributed by atoms with van der Waals surface area (Å²) in [6.45, 7) is 5.45. The Balaban J connectivity index is 1.73. The topological polar surface area (TPSA) is 62.3 Å². The van der Waals surface area contributed by atoms with Gasteiger partial charge in [0, 0.05) is 17.2 Å². The highest BCUT2D eigenvalue weighted by molar-refractivity contribution is 7.17. The molecule has 0 atom stereocenters. The molecule has 0 saturated carbocycles. The summed E-state index contributed by atoms with van der Waals surface area (Å²) < 4.78 is 0. The van der Waals surface area contributed by atoms with Gasteiger partial charge >= 0.3 is 0 Å². The van der Waals surface area contributed by atoms with Crippen LogP contribution < -0.4 is 5.32 Å². The van der Waals surface area contributed by atoms with Crippen molar-refractivity contribution in [2.75, 3.05) is 20.1 Å². The highest BCUT2D eigenvalue weighted by Gasteiger charge is 2.22. The summed E-state index contributed by atoms with van der Waals surface area (Å²) in [7, 11) is 2.11. The zero-order valence-corrected chi connectivity index (χ0v) is 15.7. The zero-order valence-electron chi connectivity index (χ0n) is 14.8. The number of likely N-dealkylation sites (tertiary alicyclic amines) is 1. The molecule has 1 amide bonds. The lowest BCUT2D eigenvalue weighted by molar-refractivity contribution is 0.0919. The lowest BCUT2D eigenvalue weighted by Crippen LogP contribution is -2.43. The molecule has 0 spiro atoms. The van der Waals surface area contributed by atoms with Gasteiger partial charge < -0.3 is 10.2 Å². The van der Waals surface area contributed by atoms with Crippen molar-refractivity contribution in [3.05, 3.63) is 40.4 Å². The van der Waals surface area contributed by atoms with Crippen molar-refractivity contribution in [1.82, 2.24) is 15.2 Å². The van der Waals surface area contributed by atoms with Gasteiger partial charge in [-0.3, -0.25) is 9.59 Å². The van der Waals surface area contributed by atoms with Gasteiger partial charge in [-0.25, -0.2) is 4.98 Å². The van der Waals surface area contributed by atoms with E-state index >= 15 is 0 Å². The van der Waals surface area contributed by atoms with Crippen LogP contribution >= 0.6 is 11.3 Å². The Morgan fingerprint density at radius 2 is 1.84 bits per heavy atom. The molecule has 3 rings (SSSR count). The van der Waals surface area contributed by atoms with Crippen LogP contribution in [0.1, 0.15) is 45.5 Å². The zero-order chi connectivity index (χ0) is 18.0. The molecule has 0 bridgehead atoms. The summed E-state index contributed by atoms with van der Waals surface area (Å²) in [5, 5.41) is 3.95. The van der Waals surface area contributed by atoms with E-state index in [0.717, 1.165) is 42.2 Å². The minimum absolute atomic E-state index is 0.0313. The fourth-order valence-electron chi connectivity index (χ4n) is 2.98. The van der Waals surface area contributed by atoms with Crippen molar-refractivity contribution in [1.29, 1.82) is 0 Å². The van der Waals surface area contributed by atoms with Gasteiger partial charge in [-0.05, 0) is 46.8 Å². The summed E-state index contributed by atoms with van der Waals surface area (Å²) in [6, 6.07) is 7.60. The third-order valence-corrected chi connectivity index (χ3v) is 5.80. The smallest absolute Gasteiger partial charge is 0.263 e. The molecule has 132 valence electrons. The number of hydrogen-bond donors (Lipinski definition) is 1. The number of piperidine rings is 1. The molecule has 2 heterocycles. The van der Waals surface area contributed by atoms with Crippen LogP contribution in [0.3, 0.4) is 0 Å². The van der Waals surface area contributed by atoms with Crippen molar-refractivity contribution in [3.63, 3.8) is 0 Å². The Kier molecular flexibility index (Phi) is 5.30. The van der Waals surface area contributed by atoms with Crippen molar-refractivity contribution < 1.29 is 9.59 Å². The van der Waals surface area contributed by atoms with Crippen molar-refractivity contribution in [3.8, 4) is 10.6 Å². The van der Waals surface area contributed by atoms with E-state index in [2.05, 4.69) is 22.2 Å². The molecule has 0 aliphatic carbocycles. The molecule has 5 nitrogen and oxygen atoms in total. The van der Waals surface area contributed by atoms with Gasteiger partial charge in [-0.2, -0.15) is 0 Å². The predicted octanol–water partition coefficient (Wildman–Crippen LogP) is 3.15. The van der Waals surface area contributed by atoms with Gasteiger partial charge in [0.05, 0.1) is 5.69 Å². The molecule has 0 unspecified atom stereocenters. The molecule has 1 aromatic carbocycles. The van der Waals surface area contributed by atoms with Crippen LogP contribution in [0.15, 0.2) is 24.3 Å². The standard InChI is InChI=1S/C19H23N3O2S/c1-12-17(18(24)21-16-8-10-22(3)11-9-16)25-19(20-12)15-6-4-14(5-7-15)13(2)23/h4-7,16H,8-11H2,1-3H3,(H,21,24). The van der Waals surface area contributed by atoms with Crippen LogP contribution in [0.4, 0.5) is 0 Å². The van der Waals surface area contributed by atoms with Crippen molar-refractivity contribution >= 4 is 23.0 Å². The SMILES string of the molecule is CC(=O)c1ccc(-c2nc(C)c(C(=O)NC3CCN(C)CC3)s2)cc1. The monoisotopic (exact) mass is 357 g/mol. The number of nitrogens with one attached hydrogen (secondary N) is 1. The number of aromatic nitrogens is 1. The van der Waals surface area contributed by atoms with Gasteiger partial charge in [0.2, 0.25) is 0 Å². The normalized spacial score (nSPS) is 16.0. The first-order valence-corrected chi connectivity index (χ1v) is 9.34. The Morgan fingerprint density at radius 1 is 1.20 bits per heavy atom. The number of rotatable bonds is 4. The fourth-order valence-corrected chi connectivity index (χ4v) is 3.96. The number of aryl methyl sites for hydroxylation is 1. The van der Waals surface area contributed by atoms with E-state index < -0.39 is 0 Å². The lowest BCUT2D eigenvalue weighted by Gasteiger charge is -2.29. The summed E-state index contributed by atoms with van der Waals surface area (Å²) in [5.74, 6) is 0.0104. The summed E-state index contributed by atoms with van der Waals surface area (Å²) >= 11 is 1.41. The first-order valence-electron chi connectivity index (χ1n) is 8.52. The first-order chi connectivity index (χ1) is 11.9. The molecule has 2 aromatic rings. The summed E-state index contributed by atoms with van der Waals surface area (Å²) in [4.78, 5) is 31.5. The fraction of sp³-hybridized carbons (Fsp3) is 0.421. The van der Waals surface area contributed by atoms with Crippen LogP contribution in [0.25, 0.3) is 10.6 Å². The number of amides is 1. The number of carbonyl (C=O) groups excluding carboxylic acids is 2. The lowest BCUT2D eigenvalue weighted by atomic mass is 10.1. The Morgan fingerprint density at radius 3 is 2.44 bits per heavy atom. The van der Waals surface area contributed by atoms with Gasteiger partial charge in [-0.1, -0.05) is 24.3 Å². The van der Waals surface area contributed by atoms with E-state index in [1.807, 2.05) is 19.1 Å². The first kappa shape index (κ1) is 17.8. The average molecular weight is 357 g/mol. The minimum atomic E-state index is -0.0313. The molecular weight excluding hydrogens is 334 g/mol. The van der Waals surface area contributed by atoms with Crippen LogP contribution in [0, 0.1) is 6.92 Å². The molecule has 0 radical (unpaired) electrons. The minimum Gasteiger partial charge on any atom is -0.348 e. The molecule has 1 aromatic heterocycles. The maximum Gasteiger partial charge on any atom is 0.263 e. The Labute approximate surface area is 152 Å². The highest BCUT2D eigenvalue weighted by atomic mass is 32.1. The molecule has 1 saturated heterocycles. The molecule has 25 heavy (non-hydrogen) atoms. The van der Waals surface area contributed by atoms with E-state index in [4.69, 9.17) is 0 Å². The van der Waals surface area contributed by atoms with Crippen LogP contribution in [-0.4, -0.2) is 47.8 Å². The van der Waals surface area contributed by atoms with Gasteiger partial charge in [0.1, 0.15) is 9.88 Å². The van der Waals surface area contributed by atoms with Gasteiger partial charge in [-0.15, -0.1) is 11.3 Å². The Hall–Kier alpha value is -2.05. The van der Waals surface area contributed by atoms with Crippen molar-refractivity contribution in [2.45, 2.75) is 32.7 Å². The molecule has 6 heteroatoms. The molecular formula is C19H23N3O2S. The molecule has 1 aliphatic heterocycles. The third-order valence-electron chi connectivity index (χ3n) is 4.59. The number of thiazole rings is 1. The third kappa shape index (κ3) is 4.14. The number of benzene rings is 1. The summed E-state index contributed by atoms with van der Waals surface area (Å²) in [5.41, 5.74) is 2.36. The molecule has 1 aliphatic rings. The van der Waals surface area contributed by atoms with E-state index in [1.54, 1.807) is 19.1 Å².